The maximum atomic E-state index is 12.4. The molecule has 5 heteroatoms. The van der Waals surface area contributed by atoms with Gasteiger partial charge >= 0.3 is 5.97 Å². The summed E-state index contributed by atoms with van der Waals surface area (Å²) in [4.78, 5) is 26.1. The average Bonchev–Trinajstić information content (AvgIpc) is 2.64. The predicted octanol–water partition coefficient (Wildman–Crippen LogP) is 3.87. The molecule has 5 nitrogen and oxygen atoms in total. The zero-order valence-electron chi connectivity index (χ0n) is 16.6. The summed E-state index contributed by atoms with van der Waals surface area (Å²) in [6.07, 6.45) is -0.984. The van der Waals surface area contributed by atoms with E-state index in [0.717, 1.165) is 5.56 Å². The lowest BCUT2D eigenvalue weighted by atomic mass is 9.98. The summed E-state index contributed by atoms with van der Waals surface area (Å²) in [7, 11) is 3.25. The van der Waals surface area contributed by atoms with Crippen LogP contribution in [-0.2, 0) is 14.3 Å². The van der Waals surface area contributed by atoms with Crippen molar-refractivity contribution in [3.63, 3.8) is 0 Å². The molecule has 0 aliphatic carbocycles. The SMILES string of the molecule is Cc1cc(OCC(=O)O[C@@H](C(=O)N(C)C)c2ccccc2)ccc1C(C)C. The second kappa shape index (κ2) is 9.21. The topological polar surface area (TPSA) is 55.8 Å². The molecular formula is C22H27NO4. The van der Waals surface area contributed by atoms with E-state index in [1.54, 1.807) is 38.4 Å². The largest absolute Gasteiger partial charge is 0.482 e. The quantitative estimate of drug-likeness (QED) is 0.695. The van der Waals surface area contributed by atoms with E-state index in [-0.39, 0.29) is 12.5 Å². The van der Waals surface area contributed by atoms with Crippen LogP contribution in [0.3, 0.4) is 0 Å². The molecule has 0 aliphatic heterocycles. The number of hydrogen-bond donors (Lipinski definition) is 0. The number of amides is 1. The number of ether oxygens (including phenoxy) is 2. The Balaban J connectivity index is 2.04. The third kappa shape index (κ3) is 5.58. The molecule has 2 aromatic carbocycles. The molecule has 0 fully saturated rings. The van der Waals surface area contributed by atoms with Crippen molar-refractivity contribution in [2.24, 2.45) is 0 Å². The van der Waals surface area contributed by atoms with Crippen LogP contribution in [0.4, 0.5) is 0 Å². The Kier molecular flexibility index (Phi) is 6.99. The third-order valence-corrected chi connectivity index (χ3v) is 4.24. The highest BCUT2D eigenvalue weighted by Gasteiger charge is 2.26. The van der Waals surface area contributed by atoms with Crippen LogP contribution >= 0.6 is 0 Å². The molecule has 0 bridgehead atoms. The third-order valence-electron chi connectivity index (χ3n) is 4.24. The molecule has 1 amide bonds. The molecule has 0 radical (unpaired) electrons. The maximum absolute atomic E-state index is 12.4. The number of rotatable bonds is 7. The molecule has 0 aromatic heterocycles. The number of carbonyl (C=O) groups is 2. The van der Waals surface area contributed by atoms with Gasteiger partial charge in [0.05, 0.1) is 0 Å². The standard InChI is InChI=1S/C22H27NO4/c1-15(2)19-12-11-18(13-16(19)3)26-14-20(24)27-21(22(25)23(4)5)17-9-7-6-8-10-17/h6-13,15,21H,14H2,1-5H3/t21-/m1/s1. The maximum Gasteiger partial charge on any atom is 0.345 e. The summed E-state index contributed by atoms with van der Waals surface area (Å²) in [5, 5.41) is 0. The average molecular weight is 369 g/mol. The molecule has 0 spiro atoms. The summed E-state index contributed by atoms with van der Waals surface area (Å²) in [6, 6.07) is 14.7. The van der Waals surface area contributed by atoms with Crippen molar-refractivity contribution in [2.75, 3.05) is 20.7 Å². The van der Waals surface area contributed by atoms with Crippen molar-refractivity contribution in [1.29, 1.82) is 0 Å². The first-order valence-corrected chi connectivity index (χ1v) is 8.98. The van der Waals surface area contributed by atoms with E-state index in [0.29, 0.717) is 17.2 Å². The van der Waals surface area contributed by atoms with Gasteiger partial charge in [-0.3, -0.25) is 4.79 Å². The molecule has 1 atom stereocenters. The molecule has 0 unspecified atom stereocenters. The Labute approximate surface area is 160 Å². The Morgan fingerprint density at radius 1 is 1.04 bits per heavy atom. The van der Waals surface area contributed by atoms with Gasteiger partial charge in [0.2, 0.25) is 6.10 Å². The Hall–Kier alpha value is -2.82. The Bertz CT molecular complexity index is 784. The van der Waals surface area contributed by atoms with Crippen LogP contribution in [0.25, 0.3) is 0 Å². The fourth-order valence-corrected chi connectivity index (χ4v) is 2.82. The van der Waals surface area contributed by atoms with Crippen LogP contribution in [0, 0.1) is 6.92 Å². The molecule has 144 valence electrons. The first-order valence-electron chi connectivity index (χ1n) is 8.98. The first-order chi connectivity index (χ1) is 12.8. The van der Waals surface area contributed by atoms with Crippen LogP contribution in [0.15, 0.2) is 48.5 Å². The number of benzene rings is 2. The summed E-state index contributed by atoms with van der Waals surface area (Å²) < 4.78 is 11.0. The molecule has 0 heterocycles. The molecule has 27 heavy (non-hydrogen) atoms. The van der Waals surface area contributed by atoms with Crippen molar-refractivity contribution < 1.29 is 19.1 Å². The van der Waals surface area contributed by atoms with Crippen molar-refractivity contribution in [3.8, 4) is 5.75 Å². The van der Waals surface area contributed by atoms with Crippen LogP contribution in [0.5, 0.6) is 5.75 Å². The number of hydrogen-bond acceptors (Lipinski definition) is 4. The zero-order valence-corrected chi connectivity index (χ0v) is 16.6. The van der Waals surface area contributed by atoms with Gasteiger partial charge in [-0.1, -0.05) is 50.2 Å². The number of nitrogens with zero attached hydrogens (tertiary/aromatic N) is 1. The highest BCUT2D eigenvalue weighted by molar-refractivity contribution is 5.85. The van der Waals surface area contributed by atoms with Crippen molar-refractivity contribution in [1.82, 2.24) is 4.90 Å². The van der Waals surface area contributed by atoms with Gasteiger partial charge < -0.3 is 14.4 Å². The normalized spacial score (nSPS) is 11.8. The van der Waals surface area contributed by atoms with Gasteiger partial charge in [-0.2, -0.15) is 0 Å². The van der Waals surface area contributed by atoms with Crippen LogP contribution < -0.4 is 4.74 Å². The van der Waals surface area contributed by atoms with Crippen molar-refractivity contribution in [3.05, 3.63) is 65.2 Å². The monoisotopic (exact) mass is 369 g/mol. The number of carbonyl (C=O) groups excluding carboxylic acids is 2. The molecule has 0 saturated carbocycles. The lowest BCUT2D eigenvalue weighted by Gasteiger charge is -2.21. The van der Waals surface area contributed by atoms with E-state index in [1.807, 2.05) is 31.2 Å². The highest BCUT2D eigenvalue weighted by atomic mass is 16.6. The van der Waals surface area contributed by atoms with E-state index in [1.165, 1.54) is 10.5 Å². The summed E-state index contributed by atoms with van der Waals surface area (Å²) in [5.41, 5.74) is 2.98. The number of likely N-dealkylation sites (N-methyl/N-ethyl adjacent to an activating group) is 1. The molecular weight excluding hydrogens is 342 g/mol. The Morgan fingerprint density at radius 2 is 1.70 bits per heavy atom. The fourth-order valence-electron chi connectivity index (χ4n) is 2.82. The molecule has 2 aromatic rings. The van der Waals surface area contributed by atoms with Gasteiger partial charge in [0.25, 0.3) is 5.91 Å². The van der Waals surface area contributed by atoms with Crippen LogP contribution in [0.2, 0.25) is 0 Å². The van der Waals surface area contributed by atoms with E-state index >= 15 is 0 Å². The van der Waals surface area contributed by atoms with Gasteiger partial charge in [0, 0.05) is 19.7 Å². The van der Waals surface area contributed by atoms with Crippen molar-refractivity contribution >= 4 is 11.9 Å². The van der Waals surface area contributed by atoms with E-state index in [9.17, 15) is 9.59 Å². The Morgan fingerprint density at radius 3 is 2.26 bits per heavy atom. The summed E-state index contributed by atoms with van der Waals surface area (Å²) in [5.74, 6) is 0.132. The van der Waals surface area contributed by atoms with Crippen molar-refractivity contribution in [2.45, 2.75) is 32.8 Å². The van der Waals surface area contributed by atoms with Crippen LogP contribution in [0.1, 0.15) is 42.6 Å². The van der Waals surface area contributed by atoms with E-state index < -0.39 is 12.1 Å². The second-order valence-electron chi connectivity index (χ2n) is 6.98. The fraction of sp³-hybridized carbons (Fsp3) is 0.364. The minimum Gasteiger partial charge on any atom is -0.482 e. The van der Waals surface area contributed by atoms with E-state index in [2.05, 4.69) is 13.8 Å². The van der Waals surface area contributed by atoms with Gasteiger partial charge in [-0.25, -0.2) is 4.79 Å². The minimum atomic E-state index is -0.984. The summed E-state index contributed by atoms with van der Waals surface area (Å²) >= 11 is 0. The van der Waals surface area contributed by atoms with Gasteiger partial charge in [0.15, 0.2) is 6.61 Å². The van der Waals surface area contributed by atoms with Gasteiger partial charge in [-0.05, 0) is 36.1 Å². The van der Waals surface area contributed by atoms with E-state index in [4.69, 9.17) is 9.47 Å². The minimum absolute atomic E-state index is 0.259. The lowest BCUT2D eigenvalue weighted by Crippen LogP contribution is -2.32. The van der Waals surface area contributed by atoms with Crippen LogP contribution in [-0.4, -0.2) is 37.5 Å². The predicted molar refractivity (Wildman–Crippen MR) is 105 cm³/mol. The van der Waals surface area contributed by atoms with Gasteiger partial charge in [-0.15, -0.1) is 0 Å². The summed E-state index contributed by atoms with van der Waals surface area (Å²) in [6.45, 7) is 6.02. The number of aryl methyl sites for hydroxylation is 1. The number of esters is 1. The smallest absolute Gasteiger partial charge is 0.345 e. The second-order valence-corrected chi connectivity index (χ2v) is 6.98. The molecule has 2 rings (SSSR count). The molecule has 0 N–H and O–H groups in total. The van der Waals surface area contributed by atoms with Gasteiger partial charge in [0.1, 0.15) is 5.75 Å². The first kappa shape index (κ1) is 20.5. The highest BCUT2D eigenvalue weighted by Crippen LogP contribution is 2.24. The molecule has 0 aliphatic rings. The lowest BCUT2D eigenvalue weighted by molar-refractivity contribution is -0.161. The molecule has 0 saturated heterocycles. The zero-order chi connectivity index (χ0) is 20.0.